The minimum atomic E-state index is 0.0319. The minimum Gasteiger partial charge on any atom is -0.352 e. The summed E-state index contributed by atoms with van der Waals surface area (Å²) < 4.78 is 0. The molecule has 1 saturated heterocycles. The van der Waals surface area contributed by atoms with Gasteiger partial charge in [0.15, 0.2) is 5.78 Å². The number of carbonyl (C=O) groups is 1. The Bertz CT molecular complexity index is 725. The predicted molar refractivity (Wildman–Crippen MR) is 110 cm³/mol. The number of fused-ring (bicyclic) bond motifs is 1. The van der Waals surface area contributed by atoms with E-state index in [2.05, 4.69) is 35.9 Å². The van der Waals surface area contributed by atoms with E-state index in [4.69, 9.17) is 0 Å². The van der Waals surface area contributed by atoms with Crippen molar-refractivity contribution < 1.29 is 4.79 Å². The summed E-state index contributed by atoms with van der Waals surface area (Å²) in [6.45, 7) is 7.47. The van der Waals surface area contributed by atoms with Crippen molar-refractivity contribution in [3.8, 4) is 0 Å². The second-order valence-corrected chi connectivity index (χ2v) is 7.53. The summed E-state index contributed by atoms with van der Waals surface area (Å²) in [4.78, 5) is 18.9. The molecule has 0 radical (unpaired) electrons. The monoisotopic (exact) mass is 352 g/mol. The third-order valence-corrected chi connectivity index (χ3v) is 5.65. The molecule has 26 heavy (non-hydrogen) atoms. The lowest BCUT2D eigenvalue weighted by Gasteiger charge is -2.33. The van der Waals surface area contributed by atoms with Gasteiger partial charge in [-0.1, -0.05) is 56.9 Å². The maximum absolute atomic E-state index is 13.1. The number of hydrogen-bond donors (Lipinski definition) is 1. The number of Topliss-reactive ketones (excluding diaryl/α,β-unsaturated/α-hetero) is 1. The van der Waals surface area contributed by atoms with Crippen LogP contribution in [0.25, 0.3) is 10.9 Å². The molecule has 0 aliphatic carbocycles. The molecule has 1 aliphatic heterocycles. The van der Waals surface area contributed by atoms with Gasteiger partial charge < -0.3 is 4.98 Å². The molecule has 0 amide bonds. The van der Waals surface area contributed by atoms with Crippen LogP contribution >= 0.6 is 0 Å². The quantitative estimate of drug-likeness (QED) is 0.382. The van der Waals surface area contributed by atoms with E-state index in [9.17, 15) is 4.79 Å². The van der Waals surface area contributed by atoms with Gasteiger partial charge in [0.1, 0.15) is 0 Å². The number of nitrogens with zero attached hydrogens (tertiary/aromatic N) is 1. The molecule has 3 heteroatoms. The van der Waals surface area contributed by atoms with Gasteiger partial charge in [-0.05, 0) is 50.6 Å². The van der Waals surface area contributed by atoms with Crippen molar-refractivity contribution in [2.75, 3.05) is 19.6 Å². The molecule has 2 aromatic rings. The summed E-state index contributed by atoms with van der Waals surface area (Å²) in [5, 5.41) is 1.11. The van der Waals surface area contributed by atoms with Crippen molar-refractivity contribution >= 4 is 16.7 Å². The highest BCUT2D eigenvalue weighted by molar-refractivity contribution is 6.02. The van der Waals surface area contributed by atoms with Crippen LogP contribution in [-0.2, 0) is 0 Å². The molecule has 0 unspecified atom stereocenters. The Morgan fingerprint density at radius 2 is 2.04 bits per heavy atom. The lowest BCUT2D eigenvalue weighted by molar-refractivity contribution is 0.0895. The Labute approximate surface area is 157 Å². The van der Waals surface area contributed by atoms with Crippen LogP contribution in [0.5, 0.6) is 0 Å². The van der Waals surface area contributed by atoms with Gasteiger partial charge in [0.05, 0.1) is 5.69 Å². The van der Waals surface area contributed by atoms with Crippen LogP contribution in [0.15, 0.2) is 42.0 Å². The van der Waals surface area contributed by atoms with Crippen LogP contribution in [0.2, 0.25) is 0 Å². The number of nitrogens with one attached hydrogen (secondary N) is 1. The normalized spacial score (nSPS) is 20.1. The Balaban J connectivity index is 1.59. The fourth-order valence-electron chi connectivity index (χ4n) is 4.06. The number of H-pyrrole nitrogens is 1. The van der Waals surface area contributed by atoms with Gasteiger partial charge in [0.25, 0.3) is 0 Å². The molecule has 1 fully saturated rings. The highest BCUT2D eigenvalue weighted by Crippen LogP contribution is 2.28. The van der Waals surface area contributed by atoms with Gasteiger partial charge in [0, 0.05) is 23.4 Å². The van der Waals surface area contributed by atoms with Crippen LogP contribution in [-0.4, -0.2) is 35.3 Å². The summed E-state index contributed by atoms with van der Waals surface area (Å²) in [5.41, 5.74) is 3.08. The SMILES string of the molecule is C/C=C1/CN(CCCCCCC)CC[C@H]1C(=O)c1cc2ccccc2[nH]1. The maximum Gasteiger partial charge on any atom is 0.186 e. The number of rotatable bonds is 8. The standard InChI is InChI=1S/C23H32N2O/c1-3-5-6-7-10-14-25-15-13-20(18(4-2)17-25)23(26)22-16-19-11-8-9-12-21(19)24-22/h4,8-9,11-12,16,20,24H,3,5-7,10,13-15,17H2,1-2H3/b18-4-/t20-/m1/s1. The molecule has 1 aliphatic rings. The number of piperidine rings is 1. The lowest BCUT2D eigenvalue weighted by atomic mass is 9.86. The molecule has 1 atom stereocenters. The lowest BCUT2D eigenvalue weighted by Crippen LogP contribution is -2.38. The molecule has 1 N–H and O–H groups in total. The molecule has 140 valence electrons. The van der Waals surface area contributed by atoms with Crippen molar-refractivity contribution in [3.63, 3.8) is 0 Å². The van der Waals surface area contributed by atoms with Gasteiger partial charge in [-0.25, -0.2) is 0 Å². The van der Waals surface area contributed by atoms with Crippen molar-refractivity contribution in [1.29, 1.82) is 0 Å². The maximum atomic E-state index is 13.1. The third kappa shape index (κ3) is 4.45. The predicted octanol–water partition coefficient (Wildman–Crippen LogP) is 5.59. The average molecular weight is 353 g/mol. The Hall–Kier alpha value is -1.87. The topological polar surface area (TPSA) is 36.1 Å². The molecule has 0 bridgehead atoms. The summed E-state index contributed by atoms with van der Waals surface area (Å²) in [6.07, 6.45) is 9.69. The Morgan fingerprint density at radius 3 is 2.81 bits per heavy atom. The van der Waals surface area contributed by atoms with Crippen LogP contribution < -0.4 is 0 Å². The number of hydrogen-bond acceptors (Lipinski definition) is 2. The molecule has 1 aromatic heterocycles. The first-order chi connectivity index (χ1) is 12.7. The smallest absolute Gasteiger partial charge is 0.186 e. The fourth-order valence-corrected chi connectivity index (χ4v) is 4.06. The number of para-hydroxylation sites is 1. The largest absolute Gasteiger partial charge is 0.352 e. The van der Waals surface area contributed by atoms with E-state index < -0.39 is 0 Å². The van der Waals surface area contributed by atoms with E-state index in [1.54, 1.807) is 0 Å². The van der Waals surface area contributed by atoms with Crippen LogP contribution in [0, 0.1) is 5.92 Å². The van der Waals surface area contributed by atoms with Gasteiger partial charge in [-0.2, -0.15) is 0 Å². The van der Waals surface area contributed by atoms with E-state index in [0.29, 0.717) is 0 Å². The molecule has 0 spiro atoms. The van der Waals surface area contributed by atoms with E-state index in [0.717, 1.165) is 42.7 Å². The summed E-state index contributed by atoms with van der Waals surface area (Å²) in [5.74, 6) is 0.279. The Kier molecular flexibility index (Phi) is 6.67. The van der Waals surface area contributed by atoms with Gasteiger partial charge in [-0.15, -0.1) is 0 Å². The number of likely N-dealkylation sites (tertiary alicyclic amines) is 1. The molecule has 3 nitrogen and oxygen atoms in total. The number of aromatic nitrogens is 1. The molecule has 0 saturated carbocycles. The number of allylic oxidation sites excluding steroid dienone is 1. The van der Waals surface area contributed by atoms with Crippen molar-refractivity contribution in [3.05, 3.63) is 47.7 Å². The van der Waals surface area contributed by atoms with Crippen LogP contribution in [0.3, 0.4) is 0 Å². The summed E-state index contributed by atoms with van der Waals surface area (Å²) in [7, 11) is 0. The van der Waals surface area contributed by atoms with E-state index in [1.807, 2.05) is 24.3 Å². The Morgan fingerprint density at radius 1 is 1.23 bits per heavy atom. The van der Waals surface area contributed by atoms with Gasteiger partial charge >= 0.3 is 0 Å². The highest BCUT2D eigenvalue weighted by Gasteiger charge is 2.30. The number of benzene rings is 1. The molecule has 1 aromatic carbocycles. The first-order valence-electron chi connectivity index (χ1n) is 10.2. The van der Waals surface area contributed by atoms with E-state index in [-0.39, 0.29) is 11.7 Å². The fraction of sp³-hybridized carbons (Fsp3) is 0.522. The molecular weight excluding hydrogens is 320 g/mol. The minimum absolute atomic E-state index is 0.0319. The first-order valence-corrected chi connectivity index (χ1v) is 10.2. The molecule has 3 rings (SSSR count). The van der Waals surface area contributed by atoms with E-state index >= 15 is 0 Å². The average Bonchev–Trinajstić information content (AvgIpc) is 3.11. The van der Waals surface area contributed by atoms with Gasteiger partial charge in [0.2, 0.25) is 0 Å². The summed E-state index contributed by atoms with van der Waals surface area (Å²) >= 11 is 0. The zero-order chi connectivity index (χ0) is 18.4. The van der Waals surface area contributed by atoms with E-state index in [1.165, 1.54) is 37.7 Å². The zero-order valence-electron chi connectivity index (χ0n) is 16.3. The number of ketones is 1. The highest BCUT2D eigenvalue weighted by atomic mass is 16.1. The second kappa shape index (κ2) is 9.18. The van der Waals surface area contributed by atoms with Crippen LogP contribution in [0.4, 0.5) is 0 Å². The second-order valence-electron chi connectivity index (χ2n) is 7.53. The zero-order valence-corrected chi connectivity index (χ0v) is 16.3. The third-order valence-electron chi connectivity index (χ3n) is 5.65. The number of aromatic amines is 1. The summed E-state index contributed by atoms with van der Waals surface area (Å²) in [6, 6.07) is 10.1. The van der Waals surface area contributed by atoms with Crippen LogP contribution in [0.1, 0.15) is 62.9 Å². The number of unbranched alkanes of at least 4 members (excludes halogenated alkanes) is 4. The van der Waals surface area contributed by atoms with Crippen molar-refractivity contribution in [1.82, 2.24) is 9.88 Å². The molecular formula is C23H32N2O. The van der Waals surface area contributed by atoms with Gasteiger partial charge in [-0.3, -0.25) is 9.69 Å². The first kappa shape index (κ1) is 18.9. The molecule has 2 heterocycles. The number of carbonyl (C=O) groups excluding carboxylic acids is 1. The van der Waals surface area contributed by atoms with Crippen molar-refractivity contribution in [2.45, 2.75) is 52.4 Å². The van der Waals surface area contributed by atoms with Crippen molar-refractivity contribution in [2.24, 2.45) is 5.92 Å².